The zero-order valence-electron chi connectivity index (χ0n) is 15.5. The number of aliphatic imine (C=N–C) groups is 1. The zero-order chi connectivity index (χ0) is 18.1. The topological polar surface area (TPSA) is 83.6 Å². The maximum Gasteiger partial charge on any atom is 0.217 e. The summed E-state index contributed by atoms with van der Waals surface area (Å²) < 4.78 is 0. The van der Waals surface area contributed by atoms with Gasteiger partial charge in [0, 0.05) is 43.7 Å². The molecule has 0 saturated carbocycles. The van der Waals surface area contributed by atoms with E-state index in [1.165, 1.54) is 5.01 Å². The van der Waals surface area contributed by atoms with E-state index in [1.807, 2.05) is 6.92 Å². The summed E-state index contributed by atoms with van der Waals surface area (Å²) in [4.78, 5) is 22.8. The number of hydrogen-bond donors (Lipinski definition) is 2. The van der Waals surface area contributed by atoms with Gasteiger partial charge in [-0.05, 0) is 51.9 Å². The third-order valence-corrected chi connectivity index (χ3v) is 5.40. The number of thiazole rings is 1. The summed E-state index contributed by atoms with van der Waals surface area (Å²) >= 11 is 1.74. The van der Waals surface area contributed by atoms with Crippen molar-refractivity contribution in [1.82, 2.24) is 15.2 Å². The number of carbonyl (C=O) groups excluding carboxylic acids is 1. The molecule has 2 rings (SSSR count). The second kappa shape index (κ2) is 10.4. The van der Waals surface area contributed by atoms with Gasteiger partial charge in [-0.15, -0.1) is 11.3 Å². The first-order valence-electron chi connectivity index (χ1n) is 9.31. The Bertz CT molecular complexity index is 572. The van der Waals surface area contributed by atoms with Crippen molar-refractivity contribution in [3.05, 3.63) is 16.1 Å². The van der Waals surface area contributed by atoms with Gasteiger partial charge in [-0.3, -0.25) is 9.79 Å². The molecule has 1 unspecified atom stereocenters. The molecule has 1 aliphatic rings. The molecule has 0 radical (unpaired) electrons. The van der Waals surface area contributed by atoms with Gasteiger partial charge in [0.2, 0.25) is 5.91 Å². The lowest BCUT2D eigenvalue weighted by molar-refractivity contribution is -0.119. The van der Waals surface area contributed by atoms with Crippen LogP contribution in [0.1, 0.15) is 49.7 Å². The number of carbonyl (C=O) groups is 1. The van der Waals surface area contributed by atoms with Crippen molar-refractivity contribution in [1.29, 1.82) is 0 Å². The van der Waals surface area contributed by atoms with Crippen LogP contribution in [0.4, 0.5) is 0 Å². The fourth-order valence-corrected chi connectivity index (χ4v) is 4.04. The molecule has 25 heavy (non-hydrogen) atoms. The Kier molecular flexibility index (Phi) is 8.18. The van der Waals surface area contributed by atoms with E-state index in [9.17, 15) is 4.79 Å². The molecule has 0 aliphatic carbocycles. The Labute approximate surface area is 154 Å². The van der Waals surface area contributed by atoms with Gasteiger partial charge in [0.15, 0.2) is 5.96 Å². The number of amides is 1. The van der Waals surface area contributed by atoms with Crippen molar-refractivity contribution in [2.24, 2.45) is 16.6 Å². The maximum absolute atomic E-state index is 11.2. The standard InChI is InChI=1S/C18H31N5OS/c1-3-20-18(23-10-6-7-15(12-23)11-16(19)24)21-9-5-4-8-17-22-14(2)13-25-17/h13,15H,3-12H2,1-2H3,(H2,19,24)(H,20,21). The summed E-state index contributed by atoms with van der Waals surface area (Å²) in [7, 11) is 0. The molecule has 0 aromatic carbocycles. The average molecular weight is 366 g/mol. The van der Waals surface area contributed by atoms with Crippen LogP contribution in [0, 0.1) is 12.8 Å². The first-order valence-corrected chi connectivity index (χ1v) is 10.2. The highest BCUT2D eigenvalue weighted by molar-refractivity contribution is 7.09. The van der Waals surface area contributed by atoms with Crippen LogP contribution < -0.4 is 11.1 Å². The SMILES string of the molecule is CCNC(=NCCCCc1nc(C)cs1)N1CCCC(CC(N)=O)C1. The van der Waals surface area contributed by atoms with Crippen LogP contribution in [-0.2, 0) is 11.2 Å². The van der Waals surface area contributed by atoms with Crippen LogP contribution in [0.15, 0.2) is 10.4 Å². The molecule has 1 atom stereocenters. The zero-order valence-corrected chi connectivity index (χ0v) is 16.3. The summed E-state index contributed by atoms with van der Waals surface area (Å²) in [6.07, 6.45) is 5.85. The molecule has 2 heterocycles. The van der Waals surface area contributed by atoms with E-state index in [1.54, 1.807) is 11.3 Å². The average Bonchev–Trinajstić information content (AvgIpc) is 2.98. The minimum Gasteiger partial charge on any atom is -0.370 e. The highest BCUT2D eigenvalue weighted by Gasteiger charge is 2.23. The number of unbranched alkanes of at least 4 members (excludes halogenated alkanes) is 1. The molecule has 1 saturated heterocycles. The van der Waals surface area contributed by atoms with Crippen LogP contribution in [0.25, 0.3) is 0 Å². The van der Waals surface area contributed by atoms with Gasteiger partial charge in [-0.1, -0.05) is 0 Å². The molecule has 1 fully saturated rings. The number of nitrogens with one attached hydrogen (secondary N) is 1. The number of nitrogens with two attached hydrogens (primary N) is 1. The number of aromatic nitrogens is 1. The molecule has 1 amide bonds. The number of likely N-dealkylation sites (tertiary alicyclic amines) is 1. The van der Waals surface area contributed by atoms with E-state index in [4.69, 9.17) is 10.7 Å². The molecule has 1 aromatic rings. The van der Waals surface area contributed by atoms with Crippen molar-refractivity contribution in [2.45, 2.75) is 52.4 Å². The van der Waals surface area contributed by atoms with Crippen LogP contribution in [0.3, 0.4) is 0 Å². The lowest BCUT2D eigenvalue weighted by atomic mass is 9.95. The summed E-state index contributed by atoms with van der Waals surface area (Å²) in [5.41, 5.74) is 6.47. The number of hydrogen-bond acceptors (Lipinski definition) is 4. The van der Waals surface area contributed by atoms with Crippen LogP contribution in [0.5, 0.6) is 0 Å². The molecule has 1 aromatic heterocycles. The molecule has 140 valence electrons. The van der Waals surface area contributed by atoms with Crippen LogP contribution in [-0.4, -0.2) is 47.9 Å². The van der Waals surface area contributed by atoms with E-state index in [-0.39, 0.29) is 5.91 Å². The van der Waals surface area contributed by atoms with Crippen molar-refractivity contribution in [3.63, 3.8) is 0 Å². The Morgan fingerprint density at radius 2 is 2.36 bits per heavy atom. The molecular formula is C18H31N5OS. The summed E-state index contributed by atoms with van der Waals surface area (Å²) in [5.74, 6) is 1.12. The van der Waals surface area contributed by atoms with Crippen LogP contribution in [0.2, 0.25) is 0 Å². The lowest BCUT2D eigenvalue weighted by Crippen LogP contribution is -2.47. The fraction of sp³-hybridized carbons (Fsp3) is 0.722. The van der Waals surface area contributed by atoms with Gasteiger partial charge >= 0.3 is 0 Å². The van der Waals surface area contributed by atoms with Crippen LogP contribution >= 0.6 is 11.3 Å². The molecule has 7 heteroatoms. The molecule has 0 spiro atoms. The lowest BCUT2D eigenvalue weighted by Gasteiger charge is -2.34. The minimum absolute atomic E-state index is 0.203. The predicted octanol–water partition coefficient (Wildman–Crippen LogP) is 2.33. The second-order valence-electron chi connectivity index (χ2n) is 6.70. The number of piperidine rings is 1. The smallest absolute Gasteiger partial charge is 0.217 e. The van der Waals surface area contributed by atoms with Gasteiger partial charge < -0.3 is 16.0 Å². The molecule has 0 bridgehead atoms. The minimum atomic E-state index is -0.203. The van der Waals surface area contributed by atoms with Crippen molar-refractivity contribution in [2.75, 3.05) is 26.2 Å². The summed E-state index contributed by atoms with van der Waals surface area (Å²) in [6.45, 7) is 7.67. The first-order chi connectivity index (χ1) is 12.1. The Morgan fingerprint density at radius 1 is 1.52 bits per heavy atom. The molecular weight excluding hydrogens is 334 g/mol. The highest BCUT2D eigenvalue weighted by Crippen LogP contribution is 2.19. The number of nitrogens with zero attached hydrogens (tertiary/aromatic N) is 3. The Hall–Kier alpha value is -1.63. The Balaban J connectivity index is 1.79. The van der Waals surface area contributed by atoms with E-state index in [0.717, 1.165) is 69.9 Å². The van der Waals surface area contributed by atoms with Crippen molar-refractivity contribution >= 4 is 23.2 Å². The van der Waals surface area contributed by atoms with Crippen molar-refractivity contribution < 1.29 is 4.79 Å². The normalized spacial score (nSPS) is 18.4. The monoisotopic (exact) mass is 365 g/mol. The van der Waals surface area contributed by atoms with Gasteiger partial charge in [0.1, 0.15) is 0 Å². The van der Waals surface area contributed by atoms with E-state index in [0.29, 0.717) is 12.3 Å². The first kappa shape index (κ1) is 19.7. The fourth-order valence-electron chi connectivity index (χ4n) is 3.22. The summed E-state index contributed by atoms with van der Waals surface area (Å²) in [6, 6.07) is 0. The number of aryl methyl sites for hydroxylation is 2. The number of primary amides is 1. The molecule has 1 aliphatic heterocycles. The van der Waals surface area contributed by atoms with Gasteiger partial charge in [-0.2, -0.15) is 0 Å². The molecule has 3 N–H and O–H groups in total. The number of rotatable bonds is 8. The summed E-state index contributed by atoms with van der Waals surface area (Å²) in [5, 5.41) is 6.72. The van der Waals surface area contributed by atoms with E-state index < -0.39 is 0 Å². The van der Waals surface area contributed by atoms with E-state index in [2.05, 4.69) is 27.5 Å². The van der Waals surface area contributed by atoms with E-state index >= 15 is 0 Å². The molecule has 6 nitrogen and oxygen atoms in total. The third-order valence-electron chi connectivity index (χ3n) is 4.37. The Morgan fingerprint density at radius 3 is 3.04 bits per heavy atom. The van der Waals surface area contributed by atoms with Gasteiger partial charge in [0.25, 0.3) is 0 Å². The maximum atomic E-state index is 11.2. The van der Waals surface area contributed by atoms with Gasteiger partial charge in [0.05, 0.1) is 5.01 Å². The largest absolute Gasteiger partial charge is 0.370 e. The highest BCUT2D eigenvalue weighted by atomic mass is 32.1. The second-order valence-corrected chi connectivity index (χ2v) is 7.64. The quantitative estimate of drug-likeness (QED) is 0.421. The third kappa shape index (κ3) is 7.02. The number of guanidine groups is 1. The predicted molar refractivity (Wildman–Crippen MR) is 104 cm³/mol. The van der Waals surface area contributed by atoms with Gasteiger partial charge in [-0.25, -0.2) is 4.98 Å². The van der Waals surface area contributed by atoms with Crippen molar-refractivity contribution in [3.8, 4) is 0 Å².